The zero-order valence-electron chi connectivity index (χ0n) is 17.6. The van der Waals surface area contributed by atoms with E-state index in [0.717, 1.165) is 63.8 Å². The molecule has 4 aromatic rings. The molecule has 0 saturated carbocycles. The largest absolute Gasteiger partial charge is 0.369 e. The highest BCUT2D eigenvalue weighted by molar-refractivity contribution is 6.31. The monoisotopic (exact) mass is 420 g/mol. The Balaban J connectivity index is 1.84. The lowest BCUT2D eigenvalue weighted by Gasteiger charge is -2.10. The van der Waals surface area contributed by atoms with Crippen LogP contribution in [-0.4, -0.2) is 41.7 Å². The second kappa shape index (κ2) is 8.86. The van der Waals surface area contributed by atoms with Gasteiger partial charge in [-0.05, 0) is 30.2 Å². The summed E-state index contributed by atoms with van der Waals surface area (Å²) in [5.41, 5.74) is 5.14. The zero-order chi connectivity index (χ0) is 21.1. The van der Waals surface area contributed by atoms with Crippen LogP contribution in [0.4, 0.5) is 5.82 Å². The average Bonchev–Trinajstić information content (AvgIpc) is 3.14. The Bertz CT molecular complexity index is 1150. The average molecular weight is 421 g/mol. The van der Waals surface area contributed by atoms with E-state index in [1.54, 1.807) is 6.33 Å². The minimum Gasteiger partial charge on any atom is -0.369 e. The SMILES string of the molecule is Cc1ccc(-n2cc(-c3ccccc3)c3c(NCCC[NH+](C)C)ncnc32)cc1Cl. The van der Waals surface area contributed by atoms with Gasteiger partial charge in [-0.1, -0.05) is 48.0 Å². The van der Waals surface area contributed by atoms with Gasteiger partial charge in [0.05, 0.1) is 26.0 Å². The van der Waals surface area contributed by atoms with Crippen molar-refractivity contribution < 1.29 is 4.90 Å². The van der Waals surface area contributed by atoms with Crippen LogP contribution in [0.5, 0.6) is 0 Å². The molecule has 2 aromatic heterocycles. The Labute approximate surface area is 182 Å². The smallest absolute Gasteiger partial charge is 0.150 e. The molecule has 0 atom stereocenters. The van der Waals surface area contributed by atoms with Gasteiger partial charge in [0.1, 0.15) is 12.1 Å². The van der Waals surface area contributed by atoms with Gasteiger partial charge in [-0.3, -0.25) is 0 Å². The molecule has 0 amide bonds. The summed E-state index contributed by atoms with van der Waals surface area (Å²) in [6.45, 7) is 3.98. The number of quaternary nitrogens is 1. The molecule has 0 aliphatic rings. The van der Waals surface area contributed by atoms with E-state index in [2.05, 4.69) is 70.5 Å². The summed E-state index contributed by atoms with van der Waals surface area (Å²) in [5, 5.41) is 5.30. The van der Waals surface area contributed by atoms with E-state index < -0.39 is 0 Å². The Morgan fingerprint density at radius 1 is 1.07 bits per heavy atom. The number of aryl methyl sites for hydroxylation is 1. The molecule has 0 aliphatic carbocycles. The fraction of sp³-hybridized carbons (Fsp3) is 0.250. The molecular weight excluding hydrogens is 394 g/mol. The molecule has 0 spiro atoms. The lowest BCUT2D eigenvalue weighted by molar-refractivity contribution is -0.858. The van der Waals surface area contributed by atoms with Crippen LogP contribution in [-0.2, 0) is 0 Å². The van der Waals surface area contributed by atoms with Gasteiger partial charge >= 0.3 is 0 Å². The first-order valence-corrected chi connectivity index (χ1v) is 10.6. The fourth-order valence-corrected chi connectivity index (χ4v) is 3.78. The van der Waals surface area contributed by atoms with Gasteiger partial charge < -0.3 is 14.8 Å². The standard InChI is InChI=1S/C24H26ClN5/c1-17-10-11-19(14-21(17)25)30-15-20(18-8-5-4-6-9-18)22-23(27-16-28-24(22)30)26-12-7-13-29(2)3/h4-6,8-11,14-16H,7,12-13H2,1-3H3,(H,26,27,28)/p+1. The molecule has 0 unspecified atom stereocenters. The predicted molar refractivity (Wildman–Crippen MR) is 125 cm³/mol. The highest BCUT2D eigenvalue weighted by atomic mass is 35.5. The maximum Gasteiger partial charge on any atom is 0.150 e. The van der Waals surface area contributed by atoms with Gasteiger partial charge in [-0.15, -0.1) is 0 Å². The topological polar surface area (TPSA) is 47.2 Å². The highest BCUT2D eigenvalue weighted by Gasteiger charge is 2.17. The van der Waals surface area contributed by atoms with Gasteiger partial charge in [0.2, 0.25) is 0 Å². The number of hydrogen-bond donors (Lipinski definition) is 2. The Kier molecular flexibility index (Phi) is 6.02. The van der Waals surface area contributed by atoms with E-state index in [-0.39, 0.29) is 0 Å². The van der Waals surface area contributed by atoms with Crippen molar-refractivity contribution in [2.45, 2.75) is 13.3 Å². The number of rotatable bonds is 7. The van der Waals surface area contributed by atoms with Crippen LogP contribution in [0.1, 0.15) is 12.0 Å². The molecule has 0 bridgehead atoms. The number of aromatic nitrogens is 3. The number of fused-ring (bicyclic) bond motifs is 1. The first kappa shape index (κ1) is 20.4. The highest BCUT2D eigenvalue weighted by Crippen LogP contribution is 2.35. The van der Waals surface area contributed by atoms with Crippen molar-refractivity contribution in [3.63, 3.8) is 0 Å². The quantitative estimate of drug-likeness (QED) is 0.444. The number of hydrogen-bond acceptors (Lipinski definition) is 3. The second-order valence-corrected chi connectivity index (χ2v) is 8.28. The number of halogens is 1. The summed E-state index contributed by atoms with van der Waals surface area (Å²) in [6, 6.07) is 16.5. The Morgan fingerprint density at radius 2 is 1.87 bits per heavy atom. The van der Waals surface area contributed by atoms with E-state index in [4.69, 9.17) is 11.6 Å². The Morgan fingerprint density at radius 3 is 2.60 bits per heavy atom. The molecule has 4 rings (SSSR count). The van der Waals surface area contributed by atoms with Crippen molar-refractivity contribution >= 4 is 28.5 Å². The lowest BCUT2D eigenvalue weighted by Crippen LogP contribution is -3.05. The molecule has 0 radical (unpaired) electrons. The molecule has 5 nitrogen and oxygen atoms in total. The molecule has 30 heavy (non-hydrogen) atoms. The van der Waals surface area contributed by atoms with Crippen molar-refractivity contribution in [1.82, 2.24) is 14.5 Å². The number of benzene rings is 2. The Hall–Kier alpha value is -2.89. The summed E-state index contributed by atoms with van der Waals surface area (Å²) in [5.74, 6) is 0.865. The summed E-state index contributed by atoms with van der Waals surface area (Å²) in [4.78, 5) is 10.7. The third-order valence-electron chi connectivity index (χ3n) is 5.25. The van der Waals surface area contributed by atoms with Gasteiger partial charge in [0.15, 0.2) is 5.65 Å². The number of nitrogens with zero attached hydrogens (tertiary/aromatic N) is 3. The number of anilines is 1. The minimum atomic E-state index is 0.745. The molecule has 0 fully saturated rings. The van der Waals surface area contributed by atoms with E-state index in [0.29, 0.717) is 0 Å². The molecular formula is C24H27ClN5+. The zero-order valence-corrected chi connectivity index (χ0v) is 18.4. The molecule has 154 valence electrons. The first-order valence-electron chi connectivity index (χ1n) is 10.3. The van der Waals surface area contributed by atoms with Gasteiger partial charge in [0.25, 0.3) is 0 Å². The van der Waals surface area contributed by atoms with Gasteiger partial charge in [-0.2, -0.15) is 0 Å². The maximum absolute atomic E-state index is 6.42. The van der Waals surface area contributed by atoms with Crippen LogP contribution in [0, 0.1) is 6.92 Å². The summed E-state index contributed by atoms with van der Waals surface area (Å²) >= 11 is 6.42. The molecule has 2 aromatic carbocycles. The van der Waals surface area contributed by atoms with Crippen molar-refractivity contribution in [3.8, 4) is 16.8 Å². The minimum absolute atomic E-state index is 0.745. The van der Waals surface area contributed by atoms with Crippen molar-refractivity contribution in [1.29, 1.82) is 0 Å². The third-order valence-corrected chi connectivity index (χ3v) is 5.65. The summed E-state index contributed by atoms with van der Waals surface area (Å²) in [7, 11) is 4.34. The predicted octanol–water partition coefficient (Wildman–Crippen LogP) is 4.00. The van der Waals surface area contributed by atoms with Crippen molar-refractivity contribution in [2.24, 2.45) is 0 Å². The number of nitrogens with one attached hydrogen (secondary N) is 2. The van der Waals surface area contributed by atoms with E-state index in [1.165, 1.54) is 4.90 Å². The third kappa shape index (κ3) is 4.18. The van der Waals surface area contributed by atoms with Crippen LogP contribution in [0.15, 0.2) is 61.1 Å². The van der Waals surface area contributed by atoms with Crippen LogP contribution in [0.3, 0.4) is 0 Å². The van der Waals surface area contributed by atoms with E-state index >= 15 is 0 Å². The van der Waals surface area contributed by atoms with Crippen LogP contribution in [0.2, 0.25) is 5.02 Å². The lowest BCUT2D eigenvalue weighted by atomic mass is 10.1. The summed E-state index contributed by atoms with van der Waals surface area (Å²) < 4.78 is 2.10. The molecule has 0 aliphatic heterocycles. The molecule has 2 heterocycles. The van der Waals surface area contributed by atoms with Crippen molar-refractivity contribution in [3.05, 3.63) is 71.6 Å². The van der Waals surface area contributed by atoms with Crippen LogP contribution >= 0.6 is 11.6 Å². The second-order valence-electron chi connectivity index (χ2n) is 7.87. The van der Waals surface area contributed by atoms with E-state index in [9.17, 15) is 0 Å². The maximum atomic E-state index is 6.42. The van der Waals surface area contributed by atoms with Crippen molar-refractivity contribution in [2.75, 3.05) is 32.5 Å². The fourth-order valence-electron chi connectivity index (χ4n) is 3.61. The molecule has 6 heteroatoms. The van der Waals surface area contributed by atoms with Crippen LogP contribution in [0.25, 0.3) is 27.8 Å². The normalized spacial score (nSPS) is 11.4. The first-order chi connectivity index (χ1) is 14.5. The van der Waals surface area contributed by atoms with Crippen LogP contribution < -0.4 is 10.2 Å². The van der Waals surface area contributed by atoms with Gasteiger partial charge in [-0.25, -0.2) is 9.97 Å². The molecule has 0 saturated heterocycles. The summed E-state index contributed by atoms with van der Waals surface area (Å²) in [6.07, 6.45) is 4.83. The van der Waals surface area contributed by atoms with Gasteiger partial charge in [0, 0.05) is 35.4 Å². The molecule has 2 N–H and O–H groups in total. The van der Waals surface area contributed by atoms with E-state index in [1.807, 2.05) is 25.1 Å².